The highest BCUT2D eigenvalue weighted by Crippen LogP contribution is 2.25. The summed E-state index contributed by atoms with van der Waals surface area (Å²) in [7, 11) is -2.20. The Kier molecular flexibility index (Phi) is 5.79. The van der Waals surface area contributed by atoms with Gasteiger partial charge < -0.3 is 15.2 Å². The normalized spacial score (nSPS) is 16.1. The summed E-state index contributed by atoms with van der Waals surface area (Å²) in [6.07, 6.45) is 0.356. The molecule has 144 valence electrons. The molecule has 2 aromatic rings. The number of aliphatic hydroxyl groups excluding tert-OH is 1. The van der Waals surface area contributed by atoms with Crippen LogP contribution in [0.3, 0.4) is 0 Å². The molecule has 1 saturated heterocycles. The Morgan fingerprint density at radius 3 is 2.56 bits per heavy atom. The lowest BCUT2D eigenvalue weighted by Crippen LogP contribution is -2.40. The van der Waals surface area contributed by atoms with Crippen LogP contribution in [0.25, 0.3) is 0 Å². The molecule has 0 bridgehead atoms. The lowest BCUT2D eigenvalue weighted by atomic mass is 10.1. The molecule has 0 aliphatic carbocycles. The number of amides is 1. The predicted molar refractivity (Wildman–Crippen MR) is 101 cm³/mol. The molecule has 1 aliphatic rings. The number of carbonyl (C=O) groups excluding carboxylic acids is 1. The van der Waals surface area contributed by atoms with Gasteiger partial charge in [0.15, 0.2) is 0 Å². The fourth-order valence-corrected chi connectivity index (χ4v) is 4.49. The van der Waals surface area contributed by atoms with Crippen LogP contribution in [0.2, 0.25) is 0 Å². The van der Waals surface area contributed by atoms with Crippen LogP contribution in [0.15, 0.2) is 53.4 Å². The number of aliphatic hydroxyl groups is 1. The average Bonchev–Trinajstić information content (AvgIpc) is 2.69. The number of ether oxygens (including phenoxy) is 1. The van der Waals surface area contributed by atoms with E-state index >= 15 is 0 Å². The van der Waals surface area contributed by atoms with Crippen molar-refractivity contribution in [3.63, 3.8) is 0 Å². The standard InChI is InChI=1S/C19H22N2O5S/c1-26-18-8-3-2-7-17(18)20-19(23)14-5-4-6-16(13-14)27(24,25)21-11-9-15(22)10-12-21/h2-8,13,15,22H,9-12H2,1H3,(H,20,23). The van der Waals surface area contributed by atoms with Crippen molar-refractivity contribution in [1.29, 1.82) is 0 Å². The van der Waals surface area contributed by atoms with Crippen LogP contribution in [-0.2, 0) is 10.0 Å². The first-order valence-electron chi connectivity index (χ1n) is 8.64. The topological polar surface area (TPSA) is 95.9 Å². The highest BCUT2D eigenvalue weighted by molar-refractivity contribution is 7.89. The van der Waals surface area contributed by atoms with Gasteiger partial charge in [-0.3, -0.25) is 4.79 Å². The minimum absolute atomic E-state index is 0.0616. The number of hydrogen-bond acceptors (Lipinski definition) is 5. The first-order chi connectivity index (χ1) is 12.9. The molecule has 2 N–H and O–H groups in total. The van der Waals surface area contributed by atoms with Crippen molar-refractivity contribution in [2.45, 2.75) is 23.8 Å². The molecule has 0 aromatic heterocycles. The molecule has 0 spiro atoms. The molecule has 0 radical (unpaired) electrons. The van der Waals surface area contributed by atoms with Gasteiger partial charge in [-0.15, -0.1) is 0 Å². The van der Waals surface area contributed by atoms with E-state index in [4.69, 9.17) is 4.74 Å². The van der Waals surface area contributed by atoms with Gasteiger partial charge in [0.2, 0.25) is 10.0 Å². The number of anilines is 1. The fourth-order valence-electron chi connectivity index (χ4n) is 2.97. The van der Waals surface area contributed by atoms with Gasteiger partial charge in [0.1, 0.15) is 5.75 Å². The van der Waals surface area contributed by atoms with Crippen LogP contribution in [0.5, 0.6) is 5.75 Å². The third kappa shape index (κ3) is 4.29. The zero-order chi connectivity index (χ0) is 19.4. The Morgan fingerprint density at radius 1 is 1.15 bits per heavy atom. The van der Waals surface area contributed by atoms with Crippen LogP contribution in [-0.4, -0.2) is 50.0 Å². The van der Waals surface area contributed by atoms with Crippen LogP contribution >= 0.6 is 0 Å². The summed E-state index contributed by atoms with van der Waals surface area (Å²) in [5.41, 5.74) is 0.738. The molecule has 3 rings (SSSR count). The summed E-state index contributed by atoms with van der Waals surface area (Å²) >= 11 is 0. The number of sulfonamides is 1. The Morgan fingerprint density at radius 2 is 1.85 bits per heavy atom. The van der Waals surface area contributed by atoms with Crippen molar-refractivity contribution in [3.8, 4) is 5.75 Å². The Hall–Kier alpha value is -2.42. The lowest BCUT2D eigenvalue weighted by molar-refractivity contribution is 0.102. The van der Waals surface area contributed by atoms with E-state index in [1.54, 1.807) is 36.4 Å². The number of nitrogens with zero attached hydrogens (tertiary/aromatic N) is 1. The van der Waals surface area contributed by atoms with Gasteiger partial charge in [0.25, 0.3) is 5.91 Å². The van der Waals surface area contributed by atoms with Gasteiger partial charge in [-0.1, -0.05) is 18.2 Å². The third-order valence-corrected chi connectivity index (χ3v) is 6.41. The molecule has 7 nitrogen and oxygen atoms in total. The first-order valence-corrected chi connectivity index (χ1v) is 10.1. The monoisotopic (exact) mass is 390 g/mol. The number of benzene rings is 2. The molecule has 1 amide bonds. The summed E-state index contributed by atoms with van der Waals surface area (Å²) in [5, 5.41) is 12.3. The number of piperidine rings is 1. The van der Waals surface area contributed by atoms with Gasteiger partial charge in [0.05, 0.1) is 23.8 Å². The molecular formula is C19H22N2O5S. The van der Waals surface area contributed by atoms with Crippen molar-refractivity contribution in [3.05, 3.63) is 54.1 Å². The highest BCUT2D eigenvalue weighted by Gasteiger charge is 2.29. The number of hydrogen-bond donors (Lipinski definition) is 2. The van der Waals surface area contributed by atoms with E-state index in [-0.39, 0.29) is 23.5 Å². The third-order valence-electron chi connectivity index (χ3n) is 4.51. The van der Waals surface area contributed by atoms with Crippen LogP contribution < -0.4 is 10.1 Å². The molecule has 2 aromatic carbocycles. The molecule has 27 heavy (non-hydrogen) atoms. The van der Waals surface area contributed by atoms with Crippen LogP contribution in [0, 0.1) is 0 Å². The quantitative estimate of drug-likeness (QED) is 0.815. The number of rotatable bonds is 5. The van der Waals surface area contributed by atoms with Gasteiger partial charge in [0, 0.05) is 18.7 Å². The molecule has 1 heterocycles. The predicted octanol–water partition coefficient (Wildman–Crippen LogP) is 2.09. The van der Waals surface area contributed by atoms with E-state index in [2.05, 4.69) is 5.32 Å². The second kappa shape index (κ2) is 8.08. The second-order valence-corrected chi connectivity index (χ2v) is 8.26. The van der Waals surface area contributed by atoms with E-state index < -0.39 is 22.0 Å². The Balaban J connectivity index is 1.81. The largest absolute Gasteiger partial charge is 0.495 e. The number of nitrogens with one attached hydrogen (secondary N) is 1. The summed E-state index contributed by atoms with van der Waals surface area (Å²) in [4.78, 5) is 12.6. The summed E-state index contributed by atoms with van der Waals surface area (Å²) in [5.74, 6) is 0.0899. The maximum absolute atomic E-state index is 12.8. The smallest absolute Gasteiger partial charge is 0.255 e. The SMILES string of the molecule is COc1ccccc1NC(=O)c1cccc(S(=O)(=O)N2CCC(O)CC2)c1. The minimum atomic E-state index is -3.71. The van der Waals surface area contributed by atoms with Crippen molar-refractivity contribution >= 4 is 21.6 Å². The van der Waals surface area contributed by atoms with E-state index in [0.29, 0.717) is 24.3 Å². The van der Waals surface area contributed by atoms with E-state index in [0.717, 1.165) is 0 Å². The Bertz CT molecular complexity index is 921. The van der Waals surface area contributed by atoms with Gasteiger partial charge in [-0.2, -0.15) is 4.31 Å². The van der Waals surface area contributed by atoms with Crippen molar-refractivity contribution in [1.82, 2.24) is 4.31 Å². The molecule has 8 heteroatoms. The van der Waals surface area contributed by atoms with Crippen molar-refractivity contribution in [2.75, 3.05) is 25.5 Å². The van der Waals surface area contributed by atoms with Gasteiger partial charge >= 0.3 is 0 Å². The molecule has 0 unspecified atom stereocenters. The van der Waals surface area contributed by atoms with Crippen molar-refractivity contribution in [2.24, 2.45) is 0 Å². The minimum Gasteiger partial charge on any atom is -0.495 e. The molecule has 0 saturated carbocycles. The summed E-state index contributed by atoms with van der Waals surface area (Å²) in [6.45, 7) is 0.530. The first kappa shape index (κ1) is 19.3. The maximum Gasteiger partial charge on any atom is 0.255 e. The van der Waals surface area contributed by atoms with Crippen LogP contribution in [0.4, 0.5) is 5.69 Å². The van der Waals surface area contributed by atoms with E-state index in [9.17, 15) is 18.3 Å². The van der Waals surface area contributed by atoms with E-state index in [1.165, 1.54) is 23.5 Å². The zero-order valence-corrected chi connectivity index (χ0v) is 15.8. The summed E-state index contributed by atoms with van der Waals surface area (Å²) < 4.78 is 32.2. The lowest BCUT2D eigenvalue weighted by Gasteiger charge is -2.28. The zero-order valence-electron chi connectivity index (χ0n) is 15.0. The molecule has 1 aliphatic heterocycles. The van der Waals surface area contributed by atoms with E-state index in [1.807, 2.05) is 0 Å². The number of carbonyl (C=O) groups is 1. The number of para-hydroxylation sites is 2. The Labute approximate surface area is 158 Å². The van der Waals surface area contributed by atoms with Gasteiger partial charge in [-0.25, -0.2) is 8.42 Å². The summed E-state index contributed by atoms with van der Waals surface area (Å²) in [6, 6.07) is 12.9. The van der Waals surface area contributed by atoms with Crippen LogP contribution in [0.1, 0.15) is 23.2 Å². The van der Waals surface area contributed by atoms with Crippen molar-refractivity contribution < 1.29 is 23.1 Å². The molecule has 1 fully saturated rings. The maximum atomic E-state index is 12.8. The highest BCUT2D eigenvalue weighted by atomic mass is 32.2. The molecule has 0 atom stereocenters. The molecular weight excluding hydrogens is 368 g/mol. The average molecular weight is 390 g/mol. The number of methoxy groups -OCH3 is 1. The van der Waals surface area contributed by atoms with Gasteiger partial charge in [-0.05, 0) is 43.2 Å². The second-order valence-electron chi connectivity index (χ2n) is 6.32. The fraction of sp³-hybridized carbons (Fsp3) is 0.316.